The number of benzene rings is 1. The van der Waals surface area contributed by atoms with E-state index < -0.39 is 17.6 Å². The molecule has 3 N–H and O–H groups in total. The highest BCUT2D eigenvalue weighted by Gasteiger charge is 2.27. The van der Waals surface area contributed by atoms with E-state index >= 15 is 0 Å². The molecule has 0 aliphatic carbocycles. The maximum absolute atomic E-state index is 12.7. The van der Waals surface area contributed by atoms with Gasteiger partial charge in [0.1, 0.15) is 11.6 Å². The lowest BCUT2D eigenvalue weighted by molar-refractivity contribution is -0.0964. The molecule has 12 heteroatoms. The molecular weight excluding hydrogens is 512 g/mol. The average Bonchev–Trinajstić information content (AvgIpc) is 3.40. The molecule has 0 saturated carbocycles. The fourth-order valence-corrected chi connectivity index (χ4v) is 3.40. The molecule has 4 rings (SSSR count). The number of hydrogen-bond donors (Lipinski definition) is 3. The molecule has 2 aromatic heterocycles. The Morgan fingerprint density at radius 3 is 2.66 bits per heavy atom. The van der Waals surface area contributed by atoms with Gasteiger partial charge in [0.2, 0.25) is 0 Å². The van der Waals surface area contributed by atoms with E-state index in [2.05, 4.69) is 25.2 Å². The van der Waals surface area contributed by atoms with Crippen molar-refractivity contribution in [1.29, 1.82) is 0 Å². The van der Waals surface area contributed by atoms with Gasteiger partial charge in [-0.2, -0.15) is 5.10 Å². The molecule has 1 aliphatic heterocycles. The first-order valence-electron chi connectivity index (χ1n) is 9.38. The second kappa shape index (κ2) is 9.80. The molecule has 3 heterocycles. The second-order valence-corrected chi connectivity index (χ2v) is 7.42. The molecule has 0 bridgehead atoms. The average molecular weight is 531 g/mol. The third kappa shape index (κ3) is 5.72. The number of alkyl halides is 3. The van der Waals surface area contributed by atoms with Crippen LogP contribution < -0.4 is 15.0 Å². The first-order valence-corrected chi connectivity index (χ1v) is 9.76. The van der Waals surface area contributed by atoms with E-state index in [4.69, 9.17) is 11.6 Å². The predicted molar refractivity (Wildman–Crippen MR) is 121 cm³/mol. The number of β-amino-alcohol motifs (C(OH)–C–C–N with tert-alkyl or cyclic N) is 1. The van der Waals surface area contributed by atoms with E-state index in [0.717, 1.165) is 0 Å². The van der Waals surface area contributed by atoms with Gasteiger partial charge >= 0.3 is 5.57 Å². The van der Waals surface area contributed by atoms with Crippen LogP contribution in [-0.4, -0.2) is 51.0 Å². The van der Waals surface area contributed by atoms with Crippen LogP contribution in [0.1, 0.15) is 16.8 Å². The van der Waals surface area contributed by atoms with Gasteiger partial charge in [-0.05, 0) is 42.8 Å². The Hall–Kier alpha value is -2.76. The molecule has 1 saturated heterocycles. The molecule has 1 amide bonds. The van der Waals surface area contributed by atoms with Crippen molar-refractivity contribution in [3.63, 3.8) is 0 Å². The van der Waals surface area contributed by atoms with Gasteiger partial charge in [0.25, 0.3) is 5.91 Å². The summed E-state index contributed by atoms with van der Waals surface area (Å²) in [5, 5.41) is 19.4. The van der Waals surface area contributed by atoms with E-state index in [1.807, 2.05) is 4.90 Å². The summed E-state index contributed by atoms with van der Waals surface area (Å²) >= 11 is 4.74. The minimum Gasteiger partial charge on any atom is -0.420 e. The van der Waals surface area contributed by atoms with E-state index in [9.17, 15) is 18.7 Å². The molecule has 1 fully saturated rings. The van der Waals surface area contributed by atoms with Crippen LogP contribution in [-0.2, 0) is 0 Å². The standard InChI is InChI=1S/C20H18ClF2N5O3.BrH/c21-20(22,23)31-15-3-1-13(2-4-15)26-19(30)12-9-16(17-5-7-25-27-17)18(24-10-12)28-8-6-14(29)11-28;/h1-5,7,9-10,14,29H,6,8,11H2,(H,25,27)(H,26,30);1H/t14-;/m1./s1. The summed E-state index contributed by atoms with van der Waals surface area (Å²) in [7, 11) is 0. The second-order valence-electron chi connectivity index (χ2n) is 6.98. The van der Waals surface area contributed by atoms with E-state index in [1.54, 1.807) is 18.3 Å². The lowest BCUT2D eigenvalue weighted by Crippen LogP contribution is -2.23. The summed E-state index contributed by atoms with van der Waals surface area (Å²) in [6.07, 6.45) is 3.26. The number of carbonyl (C=O) groups is 1. The summed E-state index contributed by atoms with van der Waals surface area (Å²) in [5.74, 6) is 0.0665. The minimum atomic E-state index is -3.81. The summed E-state index contributed by atoms with van der Waals surface area (Å²) in [6, 6.07) is 8.81. The molecule has 3 aromatic rings. The Morgan fingerprint density at radius 1 is 1.31 bits per heavy atom. The molecule has 0 radical (unpaired) electrons. The Balaban J connectivity index is 0.00000289. The lowest BCUT2D eigenvalue weighted by atomic mass is 10.1. The summed E-state index contributed by atoms with van der Waals surface area (Å²) in [5.41, 5.74) is -1.78. The number of ether oxygens (including phenoxy) is 1. The van der Waals surface area contributed by atoms with Gasteiger partial charge in [-0.1, -0.05) is 0 Å². The molecule has 170 valence electrons. The molecule has 8 nitrogen and oxygen atoms in total. The largest absolute Gasteiger partial charge is 0.487 e. The quantitative estimate of drug-likeness (QED) is 0.416. The van der Waals surface area contributed by atoms with E-state index in [0.29, 0.717) is 47.8 Å². The van der Waals surface area contributed by atoms with E-state index in [-0.39, 0.29) is 22.7 Å². The van der Waals surface area contributed by atoms with Gasteiger partial charge in [-0.15, -0.1) is 25.8 Å². The fourth-order valence-electron chi connectivity index (χ4n) is 3.32. The SMILES string of the molecule is Br.O=C(Nc1ccc(OC(F)(F)Cl)cc1)c1cnc(N2CC[C@@H](O)C2)c(-c2ccn[nH]2)c1. The number of aliphatic hydroxyl groups is 1. The van der Waals surface area contributed by atoms with Crippen molar-refractivity contribution in [2.45, 2.75) is 18.1 Å². The maximum Gasteiger partial charge on any atom is 0.487 e. The maximum atomic E-state index is 12.7. The van der Waals surface area contributed by atoms with Crippen LogP contribution in [0.15, 0.2) is 48.8 Å². The molecule has 1 aliphatic rings. The topological polar surface area (TPSA) is 103 Å². The fraction of sp³-hybridized carbons (Fsp3) is 0.250. The van der Waals surface area contributed by atoms with Crippen LogP contribution >= 0.6 is 28.6 Å². The van der Waals surface area contributed by atoms with Crippen LogP contribution in [0, 0.1) is 0 Å². The van der Waals surface area contributed by atoms with Gasteiger partial charge < -0.3 is 20.1 Å². The zero-order chi connectivity index (χ0) is 22.0. The van der Waals surface area contributed by atoms with Crippen LogP contribution in [0.4, 0.5) is 20.3 Å². The number of halogens is 4. The number of aromatic amines is 1. The molecule has 0 spiro atoms. The highest BCUT2D eigenvalue weighted by Crippen LogP contribution is 2.31. The summed E-state index contributed by atoms with van der Waals surface area (Å²) in [4.78, 5) is 19.1. The molecule has 0 unspecified atom stereocenters. The smallest absolute Gasteiger partial charge is 0.420 e. The molecule has 1 atom stereocenters. The number of rotatable bonds is 6. The highest BCUT2D eigenvalue weighted by molar-refractivity contribution is 8.93. The van der Waals surface area contributed by atoms with Crippen molar-refractivity contribution in [2.24, 2.45) is 0 Å². The van der Waals surface area contributed by atoms with Crippen molar-refractivity contribution in [3.05, 3.63) is 54.4 Å². The zero-order valence-corrected chi connectivity index (χ0v) is 18.9. The third-order valence-electron chi connectivity index (χ3n) is 4.73. The Labute approximate surface area is 197 Å². The first-order chi connectivity index (χ1) is 14.8. The highest BCUT2D eigenvalue weighted by atomic mass is 79.9. The summed E-state index contributed by atoms with van der Waals surface area (Å²) < 4.78 is 29.7. The van der Waals surface area contributed by atoms with Gasteiger partial charge in [0.05, 0.1) is 17.4 Å². The van der Waals surface area contributed by atoms with E-state index in [1.165, 1.54) is 30.5 Å². The van der Waals surface area contributed by atoms with Crippen molar-refractivity contribution < 1.29 is 23.4 Å². The number of nitrogens with one attached hydrogen (secondary N) is 2. The minimum absolute atomic E-state index is 0. The van der Waals surface area contributed by atoms with Crippen LogP contribution in [0.3, 0.4) is 0 Å². The number of H-pyrrole nitrogens is 1. The number of aliphatic hydroxyl groups excluding tert-OH is 1. The molecular formula is C20H19BrClF2N5O3. The van der Waals surface area contributed by atoms with Crippen LogP contribution in [0.5, 0.6) is 5.75 Å². The Kier molecular flexibility index (Phi) is 7.32. The van der Waals surface area contributed by atoms with Gasteiger partial charge in [0.15, 0.2) is 0 Å². The van der Waals surface area contributed by atoms with Crippen molar-refractivity contribution >= 4 is 46.0 Å². The van der Waals surface area contributed by atoms with Crippen molar-refractivity contribution in [1.82, 2.24) is 15.2 Å². The van der Waals surface area contributed by atoms with Crippen LogP contribution in [0.25, 0.3) is 11.3 Å². The van der Waals surface area contributed by atoms with Gasteiger partial charge in [-0.3, -0.25) is 9.89 Å². The number of aromatic nitrogens is 3. The number of amides is 1. The summed E-state index contributed by atoms with van der Waals surface area (Å²) in [6.45, 7) is 1.10. The number of carbonyl (C=O) groups excluding carboxylic acids is 1. The number of hydrogen-bond acceptors (Lipinski definition) is 6. The van der Waals surface area contributed by atoms with Gasteiger partial charge in [-0.25, -0.2) is 4.98 Å². The zero-order valence-electron chi connectivity index (χ0n) is 16.5. The van der Waals surface area contributed by atoms with Crippen LogP contribution in [0.2, 0.25) is 0 Å². The number of anilines is 2. The molecule has 32 heavy (non-hydrogen) atoms. The molecule has 1 aromatic carbocycles. The lowest BCUT2D eigenvalue weighted by Gasteiger charge is -2.20. The van der Waals surface area contributed by atoms with Crippen molar-refractivity contribution in [2.75, 3.05) is 23.3 Å². The monoisotopic (exact) mass is 529 g/mol. The normalized spacial score (nSPS) is 15.9. The third-order valence-corrected chi connectivity index (χ3v) is 4.81. The first kappa shape index (κ1) is 23.9. The van der Waals surface area contributed by atoms with Crippen molar-refractivity contribution in [3.8, 4) is 17.0 Å². The van der Waals surface area contributed by atoms with Gasteiger partial charge in [0, 0.05) is 48.3 Å². The Bertz CT molecular complexity index is 1060. The number of nitrogens with zero attached hydrogens (tertiary/aromatic N) is 3. The number of pyridine rings is 1. The Morgan fingerprint density at radius 2 is 2.06 bits per heavy atom. The predicted octanol–water partition coefficient (Wildman–Crippen LogP) is 4.04.